The highest BCUT2D eigenvalue weighted by Gasteiger charge is 2.16. The lowest BCUT2D eigenvalue weighted by atomic mass is 9.98. The predicted octanol–water partition coefficient (Wildman–Crippen LogP) is 15.3. The Kier molecular flexibility index (Phi) is 7.45. The number of thiophene rings is 3. The number of nitrogens with zero attached hydrogens (tertiary/aromatic N) is 3. The monoisotopic (exact) mass is 779 g/mol. The SMILES string of the molecule is c1ccc(-c2nc(-c3ccccc3)nc(-c3ccc4sc5ccc(-c6ccc7sc8c(-c9ccc%10sc%11ccccc%11c%10c9)cccc8c7c6)cc5c4c3)n2)cc1. The first kappa shape index (κ1) is 32.7. The average Bonchev–Trinajstić information content (AvgIpc) is 3.97. The molecular formula is C51H29N3S3. The third-order valence-corrected chi connectivity index (χ3v) is 14.5. The maximum absolute atomic E-state index is 5.02. The van der Waals surface area contributed by atoms with E-state index >= 15 is 0 Å². The molecule has 0 atom stereocenters. The quantitative estimate of drug-likeness (QED) is 0.175. The molecule has 0 N–H and O–H groups in total. The zero-order chi connectivity index (χ0) is 37.5. The molecule has 57 heavy (non-hydrogen) atoms. The molecule has 0 bridgehead atoms. The maximum atomic E-state index is 5.02. The molecule has 12 aromatic rings. The van der Waals surface area contributed by atoms with Gasteiger partial charge in [-0.05, 0) is 82.9 Å². The number of fused-ring (bicyclic) bond motifs is 9. The van der Waals surface area contributed by atoms with Gasteiger partial charge in [0, 0.05) is 77.2 Å². The van der Waals surface area contributed by atoms with Gasteiger partial charge in [-0.1, -0.05) is 115 Å². The second kappa shape index (κ2) is 13.0. The number of aromatic nitrogens is 3. The summed E-state index contributed by atoms with van der Waals surface area (Å²) >= 11 is 5.58. The molecule has 8 aromatic carbocycles. The van der Waals surface area contributed by atoms with Crippen LogP contribution in [0.1, 0.15) is 0 Å². The van der Waals surface area contributed by atoms with Crippen molar-refractivity contribution in [2.45, 2.75) is 0 Å². The van der Waals surface area contributed by atoms with Gasteiger partial charge in [0.05, 0.1) is 0 Å². The van der Waals surface area contributed by atoms with E-state index in [1.165, 1.54) is 82.8 Å². The molecule has 0 spiro atoms. The van der Waals surface area contributed by atoms with Crippen LogP contribution in [0, 0.1) is 0 Å². The van der Waals surface area contributed by atoms with Gasteiger partial charge >= 0.3 is 0 Å². The fraction of sp³-hybridized carbons (Fsp3) is 0. The van der Waals surface area contributed by atoms with Crippen molar-refractivity contribution in [3.05, 3.63) is 176 Å². The third kappa shape index (κ3) is 5.48. The fourth-order valence-electron chi connectivity index (χ4n) is 8.13. The number of benzene rings is 8. The van der Waals surface area contributed by atoms with Crippen LogP contribution >= 0.6 is 34.0 Å². The molecule has 0 unspecified atom stereocenters. The highest BCUT2D eigenvalue weighted by molar-refractivity contribution is 7.27. The number of hydrogen-bond acceptors (Lipinski definition) is 6. The molecule has 3 nitrogen and oxygen atoms in total. The lowest BCUT2D eigenvalue weighted by Gasteiger charge is -2.08. The van der Waals surface area contributed by atoms with Crippen LogP contribution in [0.4, 0.5) is 0 Å². The molecular weight excluding hydrogens is 751 g/mol. The average molecular weight is 780 g/mol. The molecule has 12 rings (SSSR count). The highest BCUT2D eigenvalue weighted by Crippen LogP contribution is 2.44. The maximum Gasteiger partial charge on any atom is 0.164 e. The second-order valence-electron chi connectivity index (χ2n) is 14.4. The second-order valence-corrected chi connectivity index (χ2v) is 17.6. The van der Waals surface area contributed by atoms with Crippen molar-refractivity contribution in [1.29, 1.82) is 0 Å². The molecule has 4 aromatic heterocycles. The minimum Gasteiger partial charge on any atom is -0.208 e. The van der Waals surface area contributed by atoms with Crippen LogP contribution in [0.15, 0.2) is 176 Å². The van der Waals surface area contributed by atoms with Crippen LogP contribution in [-0.4, -0.2) is 15.0 Å². The summed E-state index contributed by atoms with van der Waals surface area (Å²) < 4.78 is 7.81. The summed E-state index contributed by atoms with van der Waals surface area (Å²) in [5.41, 5.74) is 7.88. The van der Waals surface area contributed by atoms with Gasteiger partial charge < -0.3 is 0 Å². The zero-order valence-electron chi connectivity index (χ0n) is 30.3. The highest BCUT2D eigenvalue weighted by atomic mass is 32.1. The third-order valence-electron chi connectivity index (χ3n) is 10.9. The summed E-state index contributed by atoms with van der Waals surface area (Å²) in [5, 5.41) is 7.72. The molecule has 0 amide bonds. The zero-order valence-corrected chi connectivity index (χ0v) is 32.8. The molecule has 0 fully saturated rings. The molecule has 0 aliphatic heterocycles. The Balaban J connectivity index is 0.956. The Morgan fingerprint density at radius 2 is 0.684 bits per heavy atom. The van der Waals surface area contributed by atoms with Gasteiger partial charge in [0.15, 0.2) is 17.5 Å². The Morgan fingerprint density at radius 3 is 1.32 bits per heavy atom. The Morgan fingerprint density at radius 1 is 0.263 bits per heavy atom. The Labute approximate surface area is 339 Å². The van der Waals surface area contributed by atoms with Crippen LogP contribution in [0.3, 0.4) is 0 Å². The van der Waals surface area contributed by atoms with E-state index in [1.807, 2.05) is 94.7 Å². The van der Waals surface area contributed by atoms with Crippen molar-refractivity contribution in [2.24, 2.45) is 0 Å². The van der Waals surface area contributed by atoms with Gasteiger partial charge in [0.25, 0.3) is 0 Å². The van der Waals surface area contributed by atoms with E-state index in [0.717, 1.165) is 16.7 Å². The molecule has 0 aliphatic rings. The molecule has 0 saturated carbocycles. The summed E-state index contributed by atoms with van der Waals surface area (Å²) in [6.45, 7) is 0. The van der Waals surface area contributed by atoms with Gasteiger partial charge in [-0.2, -0.15) is 0 Å². The first-order valence-corrected chi connectivity index (χ1v) is 21.4. The van der Waals surface area contributed by atoms with E-state index in [0.29, 0.717) is 17.5 Å². The molecule has 266 valence electrons. The molecule has 0 aliphatic carbocycles. The number of rotatable bonds is 5. The summed E-state index contributed by atoms with van der Waals surface area (Å²) in [4.78, 5) is 14.9. The molecule has 6 heteroatoms. The fourth-order valence-corrected chi connectivity index (χ4v) is 11.5. The van der Waals surface area contributed by atoms with Crippen molar-refractivity contribution in [2.75, 3.05) is 0 Å². The van der Waals surface area contributed by atoms with E-state index in [-0.39, 0.29) is 0 Å². The van der Waals surface area contributed by atoms with Crippen molar-refractivity contribution >= 4 is 94.5 Å². The van der Waals surface area contributed by atoms with Gasteiger partial charge in [0.2, 0.25) is 0 Å². The van der Waals surface area contributed by atoms with Crippen molar-refractivity contribution < 1.29 is 0 Å². The van der Waals surface area contributed by atoms with E-state index in [2.05, 4.69) is 115 Å². The van der Waals surface area contributed by atoms with E-state index in [4.69, 9.17) is 15.0 Å². The van der Waals surface area contributed by atoms with Crippen LogP contribution in [0.5, 0.6) is 0 Å². The predicted molar refractivity (Wildman–Crippen MR) is 246 cm³/mol. The first-order valence-electron chi connectivity index (χ1n) is 18.9. The standard InChI is InChI=1S/C51H29N3S3/c1-3-10-30(11-4-1)49-52-50(31-12-5-2-6-13-31)54-51(53-49)35-21-25-46-42(29-35)41-27-33(18-22-45(41)56-46)32-19-23-47-40(26-32)38-16-9-15-36(48(38)57-47)34-20-24-44-39(28-34)37-14-7-8-17-43(37)55-44/h1-29H. The minimum absolute atomic E-state index is 0.664. The van der Waals surface area contributed by atoms with Crippen LogP contribution in [0.2, 0.25) is 0 Å². The first-order chi connectivity index (χ1) is 28.2. The van der Waals surface area contributed by atoms with Gasteiger partial charge in [-0.25, -0.2) is 15.0 Å². The largest absolute Gasteiger partial charge is 0.208 e. The number of hydrogen-bond donors (Lipinski definition) is 0. The lowest BCUT2D eigenvalue weighted by Crippen LogP contribution is -2.00. The van der Waals surface area contributed by atoms with Gasteiger partial charge in [-0.15, -0.1) is 34.0 Å². The summed E-state index contributed by atoms with van der Waals surface area (Å²) in [7, 11) is 0. The molecule has 0 saturated heterocycles. The van der Waals surface area contributed by atoms with Crippen LogP contribution in [-0.2, 0) is 0 Å². The Bertz CT molecular complexity index is 3470. The van der Waals surface area contributed by atoms with Crippen molar-refractivity contribution in [3.8, 4) is 56.4 Å². The summed E-state index contributed by atoms with van der Waals surface area (Å²) in [6.07, 6.45) is 0. The molecule has 0 radical (unpaired) electrons. The van der Waals surface area contributed by atoms with E-state index < -0.39 is 0 Å². The van der Waals surface area contributed by atoms with Crippen molar-refractivity contribution in [1.82, 2.24) is 15.0 Å². The van der Waals surface area contributed by atoms with E-state index in [1.54, 1.807) is 0 Å². The van der Waals surface area contributed by atoms with Gasteiger partial charge in [-0.3, -0.25) is 0 Å². The smallest absolute Gasteiger partial charge is 0.164 e. The topological polar surface area (TPSA) is 38.7 Å². The van der Waals surface area contributed by atoms with Crippen LogP contribution in [0.25, 0.3) is 117 Å². The van der Waals surface area contributed by atoms with Crippen molar-refractivity contribution in [3.63, 3.8) is 0 Å². The minimum atomic E-state index is 0.664. The Hall–Kier alpha value is -6.57. The van der Waals surface area contributed by atoms with Gasteiger partial charge in [0.1, 0.15) is 0 Å². The normalized spacial score (nSPS) is 11.9. The van der Waals surface area contributed by atoms with E-state index in [9.17, 15) is 0 Å². The lowest BCUT2D eigenvalue weighted by molar-refractivity contribution is 1.07. The van der Waals surface area contributed by atoms with Crippen LogP contribution < -0.4 is 0 Å². The summed E-state index contributed by atoms with van der Waals surface area (Å²) in [5.74, 6) is 1.99. The molecule has 4 heterocycles. The summed E-state index contributed by atoms with van der Waals surface area (Å²) in [6, 6.07) is 63.3.